The van der Waals surface area contributed by atoms with Gasteiger partial charge in [0.1, 0.15) is 0 Å². The summed E-state index contributed by atoms with van der Waals surface area (Å²) >= 11 is 0. The normalized spacial score (nSPS) is 24.7. The summed E-state index contributed by atoms with van der Waals surface area (Å²) in [6.45, 7) is 8.62. The van der Waals surface area contributed by atoms with Gasteiger partial charge in [0.2, 0.25) is 0 Å². The van der Waals surface area contributed by atoms with Crippen molar-refractivity contribution in [2.24, 2.45) is 16.6 Å². The van der Waals surface area contributed by atoms with Crippen molar-refractivity contribution in [2.45, 2.75) is 39.7 Å². The van der Waals surface area contributed by atoms with Crippen LogP contribution < -0.4 is 5.73 Å². The molecule has 1 aliphatic heterocycles. The average molecular weight is 183 g/mol. The Kier molecular flexibility index (Phi) is 3.58. The SMILES string of the molecule is CCCN1C(N)=NCC1C(C)CC. The Morgan fingerprint density at radius 1 is 1.62 bits per heavy atom. The number of hydrogen-bond acceptors (Lipinski definition) is 3. The molecule has 0 saturated carbocycles. The summed E-state index contributed by atoms with van der Waals surface area (Å²) in [4.78, 5) is 6.57. The van der Waals surface area contributed by atoms with E-state index in [1.807, 2.05) is 0 Å². The van der Waals surface area contributed by atoms with E-state index in [2.05, 4.69) is 30.7 Å². The lowest BCUT2D eigenvalue weighted by Gasteiger charge is -2.29. The van der Waals surface area contributed by atoms with E-state index >= 15 is 0 Å². The zero-order valence-electron chi connectivity index (χ0n) is 8.95. The third-order valence-corrected chi connectivity index (χ3v) is 2.90. The van der Waals surface area contributed by atoms with E-state index in [9.17, 15) is 0 Å². The molecule has 3 heteroatoms. The number of rotatable bonds is 4. The van der Waals surface area contributed by atoms with Crippen LogP contribution in [0.5, 0.6) is 0 Å². The van der Waals surface area contributed by atoms with Crippen LogP contribution in [0.1, 0.15) is 33.6 Å². The summed E-state index contributed by atoms with van der Waals surface area (Å²) in [5.41, 5.74) is 5.82. The number of nitrogens with zero attached hydrogens (tertiary/aromatic N) is 2. The van der Waals surface area contributed by atoms with Gasteiger partial charge in [-0.25, -0.2) is 0 Å². The molecule has 1 aliphatic rings. The Morgan fingerprint density at radius 2 is 2.31 bits per heavy atom. The second-order valence-corrected chi connectivity index (χ2v) is 3.85. The first-order valence-corrected chi connectivity index (χ1v) is 5.27. The molecule has 13 heavy (non-hydrogen) atoms. The number of guanidine groups is 1. The summed E-state index contributed by atoms with van der Waals surface area (Å²) in [6, 6.07) is 0.546. The molecule has 0 bridgehead atoms. The summed E-state index contributed by atoms with van der Waals surface area (Å²) in [6.07, 6.45) is 2.34. The fourth-order valence-corrected chi connectivity index (χ4v) is 1.83. The predicted molar refractivity (Wildman–Crippen MR) is 56.7 cm³/mol. The van der Waals surface area contributed by atoms with Crippen molar-refractivity contribution in [1.82, 2.24) is 4.90 Å². The molecular weight excluding hydrogens is 162 g/mol. The van der Waals surface area contributed by atoms with E-state index in [0.29, 0.717) is 12.0 Å². The zero-order valence-corrected chi connectivity index (χ0v) is 8.95. The van der Waals surface area contributed by atoms with Crippen LogP contribution in [0, 0.1) is 5.92 Å². The van der Waals surface area contributed by atoms with Crippen molar-refractivity contribution in [3.05, 3.63) is 0 Å². The van der Waals surface area contributed by atoms with E-state index in [1.165, 1.54) is 6.42 Å². The lowest BCUT2D eigenvalue weighted by molar-refractivity contribution is 0.257. The monoisotopic (exact) mass is 183 g/mol. The highest BCUT2D eigenvalue weighted by molar-refractivity contribution is 5.80. The molecule has 0 radical (unpaired) electrons. The van der Waals surface area contributed by atoms with Crippen LogP contribution in [0.15, 0.2) is 4.99 Å². The molecule has 0 spiro atoms. The van der Waals surface area contributed by atoms with Crippen molar-refractivity contribution >= 4 is 5.96 Å². The predicted octanol–water partition coefficient (Wildman–Crippen LogP) is 1.44. The van der Waals surface area contributed by atoms with E-state index in [1.54, 1.807) is 0 Å². The minimum absolute atomic E-state index is 0.546. The maximum absolute atomic E-state index is 5.82. The minimum Gasteiger partial charge on any atom is -0.370 e. The van der Waals surface area contributed by atoms with Crippen LogP contribution >= 0.6 is 0 Å². The van der Waals surface area contributed by atoms with Crippen LogP contribution in [-0.4, -0.2) is 30.0 Å². The maximum atomic E-state index is 5.82. The molecule has 3 nitrogen and oxygen atoms in total. The summed E-state index contributed by atoms with van der Waals surface area (Å²) < 4.78 is 0. The molecule has 0 fully saturated rings. The molecule has 0 saturated heterocycles. The molecule has 0 aliphatic carbocycles. The van der Waals surface area contributed by atoms with Crippen molar-refractivity contribution in [3.63, 3.8) is 0 Å². The summed E-state index contributed by atoms with van der Waals surface area (Å²) in [5, 5.41) is 0. The molecule has 0 aromatic rings. The van der Waals surface area contributed by atoms with E-state index in [4.69, 9.17) is 5.73 Å². The topological polar surface area (TPSA) is 41.6 Å². The van der Waals surface area contributed by atoms with Crippen LogP contribution in [-0.2, 0) is 0 Å². The third-order valence-electron chi connectivity index (χ3n) is 2.90. The van der Waals surface area contributed by atoms with Gasteiger partial charge in [-0.1, -0.05) is 27.2 Å². The number of hydrogen-bond donors (Lipinski definition) is 1. The van der Waals surface area contributed by atoms with E-state index in [-0.39, 0.29) is 0 Å². The largest absolute Gasteiger partial charge is 0.370 e. The first-order chi connectivity index (χ1) is 6.20. The zero-order chi connectivity index (χ0) is 9.84. The van der Waals surface area contributed by atoms with Crippen LogP contribution in [0.25, 0.3) is 0 Å². The standard InChI is InChI=1S/C10H21N3/c1-4-6-13-9(8(3)5-2)7-12-10(13)11/h8-9H,4-7H2,1-3H3,(H2,11,12). The smallest absolute Gasteiger partial charge is 0.191 e. The van der Waals surface area contributed by atoms with Crippen LogP contribution in [0.3, 0.4) is 0 Å². The lowest BCUT2D eigenvalue weighted by Crippen LogP contribution is -2.44. The quantitative estimate of drug-likeness (QED) is 0.716. The highest BCUT2D eigenvalue weighted by Crippen LogP contribution is 2.19. The second-order valence-electron chi connectivity index (χ2n) is 3.85. The van der Waals surface area contributed by atoms with Gasteiger partial charge in [0.05, 0.1) is 12.6 Å². The lowest BCUT2D eigenvalue weighted by atomic mass is 9.98. The van der Waals surface area contributed by atoms with Crippen molar-refractivity contribution < 1.29 is 0 Å². The molecule has 76 valence electrons. The molecular formula is C10H21N3. The summed E-state index contributed by atoms with van der Waals surface area (Å²) in [7, 11) is 0. The van der Waals surface area contributed by atoms with Gasteiger partial charge in [0.15, 0.2) is 5.96 Å². The average Bonchev–Trinajstić information content (AvgIpc) is 2.48. The highest BCUT2D eigenvalue weighted by atomic mass is 15.3. The Morgan fingerprint density at radius 3 is 2.85 bits per heavy atom. The molecule has 1 rings (SSSR count). The Bertz CT molecular complexity index is 189. The van der Waals surface area contributed by atoms with E-state index < -0.39 is 0 Å². The van der Waals surface area contributed by atoms with Gasteiger partial charge in [0.25, 0.3) is 0 Å². The summed E-state index contributed by atoms with van der Waals surface area (Å²) in [5.74, 6) is 1.43. The third kappa shape index (κ3) is 2.14. The van der Waals surface area contributed by atoms with Crippen molar-refractivity contribution in [2.75, 3.05) is 13.1 Å². The van der Waals surface area contributed by atoms with Gasteiger partial charge in [0, 0.05) is 6.54 Å². The van der Waals surface area contributed by atoms with Crippen molar-refractivity contribution in [1.29, 1.82) is 0 Å². The highest BCUT2D eigenvalue weighted by Gasteiger charge is 2.28. The van der Waals surface area contributed by atoms with E-state index in [0.717, 1.165) is 25.5 Å². The Balaban J connectivity index is 2.57. The van der Waals surface area contributed by atoms with Gasteiger partial charge >= 0.3 is 0 Å². The van der Waals surface area contributed by atoms with Gasteiger partial charge in [-0.15, -0.1) is 0 Å². The fourth-order valence-electron chi connectivity index (χ4n) is 1.83. The van der Waals surface area contributed by atoms with Gasteiger partial charge in [-0.3, -0.25) is 4.99 Å². The van der Waals surface area contributed by atoms with Crippen LogP contribution in [0.4, 0.5) is 0 Å². The van der Waals surface area contributed by atoms with Crippen molar-refractivity contribution in [3.8, 4) is 0 Å². The molecule has 0 aromatic heterocycles. The second kappa shape index (κ2) is 4.49. The first-order valence-electron chi connectivity index (χ1n) is 5.27. The molecule has 0 amide bonds. The van der Waals surface area contributed by atoms with Gasteiger partial charge in [-0.05, 0) is 12.3 Å². The molecule has 2 atom stereocenters. The van der Waals surface area contributed by atoms with Crippen LogP contribution in [0.2, 0.25) is 0 Å². The van der Waals surface area contributed by atoms with Gasteiger partial charge < -0.3 is 10.6 Å². The molecule has 1 heterocycles. The van der Waals surface area contributed by atoms with Gasteiger partial charge in [-0.2, -0.15) is 0 Å². The Labute approximate surface area is 81.0 Å². The first kappa shape index (κ1) is 10.4. The fraction of sp³-hybridized carbons (Fsp3) is 0.900. The molecule has 0 aromatic carbocycles. The number of nitrogens with two attached hydrogens (primary N) is 1. The molecule has 2 unspecified atom stereocenters. The number of aliphatic imine (C=N–C) groups is 1. The Hall–Kier alpha value is -0.730. The minimum atomic E-state index is 0.546. The molecule has 2 N–H and O–H groups in total. The maximum Gasteiger partial charge on any atom is 0.191 e.